The van der Waals surface area contributed by atoms with Gasteiger partial charge in [0.05, 0.1) is 4.47 Å². The van der Waals surface area contributed by atoms with Crippen LogP contribution in [0.15, 0.2) is 22.7 Å². The number of hydrogen-bond acceptors (Lipinski definition) is 1. The van der Waals surface area contributed by atoms with Crippen molar-refractivity contribution >= 4 is 27.5 Å². The molecule has 0 spiro atoms. The fraction of sp³-hybridized carbons (Fsp3) is 0.538. The number of alkyl halides is 1. The Balaban J connectivity index is 2.43. The molecule has 0 saturated carbocycles. The van der Waals surface area contributed by atoms with E-state index in [1.807, 2.05) is 0 Å². The first kappa shape index (κ1) is 14.9. The maximum absolute atomic E-state index is 13.0. The summed E-state index contributed by atoms with van der Waals surface area (Å²) in [6.45, 7) is 6.01. The van der Waals surface area contributed by atoms with Crippen LogP contribution >= 0.6 is 27.5 Å². The SMILES string of the molecule is CC(C)(CCCl)CNCc1ccc(F)c(Br)c1. The highest BCUT2D eigenvalue weighted by molar-refractivity contribution is 9.10. The number of hydrogen-bond donors (Lipinski definition) is 1. The highest BCUT2D eigenvalue weighted by Crippen LogP contribution is 2.20. The standard InChI is InChI=1S/C13H18BrClFN/c1-13(2,5-6-15)9-17-8-10-3-4-12(16)11(14)7-10/h3-4,7,17H,5-6,8-9H2,1-2H3. The fourth-order valence-corrected chi connectivity index (χ4v) is 2.48. The molecule has 1 aromatic rings. The number of halogens is 3. The molecule has 0 heterocycles. The van der Waals surface area contributed by atoms with Crippen molar-refractivity contribution in [1.29, 1.82) is 0 Å². The van der Waals surface area contributed by atoms with Gasteiger partial charge in [0.15, 0.2) is 0 Å². The van der Waals surface area contributed by atoms with Gasteiger partial charge in [-0.15, -0.1) is 11.6 Å². The van der Waals surface area contributed by atoms with Crippen molar-refractivity contribution in [2.45, 2.75) is 26.8 Å². The molecule has 1 aromatic carbocycles. The molecule has 1 N–H and O–H groups in total. The van der Waals surface area contributed by atoms with E-state index in [0.717, 1.165) is 25.1 Å². The number of nitrogens with one attached hydrogen (secondary N) is 1. The highest BCUT2D eigenvalue weighted by atomic mass is 79.9. The second-order valence-electron chi connectivity index (χ2n) is 4.96. The summed E-state index contributed by atoms with van der Waals surface area (Å²) in [6.07, 6.45) is 0.981. The Morgan fingerprint density at radius 2 is 2.12 bits per heavy atom. The summed E-state index contributed by atoms with van der Waals surface area (Å²) < 4.78 is 13.5. The summed E-state index contributed by atoms with van der Waals surface area (Å²) in [5.41, 5.74) is 1.26. The first-order chi connectivity index (χ1) is 7.94. The predicted octanol–water partition coefficient (Wildman–Crippen LogP) is 4.33. The monoisotopic (exact) mass is 321 g/mol. The van der Waals surface area contributed by atoms with Gasteiger partial charge in [-0.3, -0.25) is 0 Å². The summed E-state index contributed by atoms with van der Waals surface area (Å²) in [5.74, 6) is 0.452. The molecule has 0 aliphatic heterocycles. The minimum absolute atomic E-state index is 0.193. The first-order valence-corrected chi connectivity index (χ1v) is 6.98. The van der Waals surface area contributed by atoms with Gasteiger partial charge >= 0.3 is 0 Å². The summed E-state index contributed by atoms with van der Waals surface area (Å²) in [7, 11) is 0. The van der Waals surface area contributed by atoms with Crippen molar-refractivity contribution in [3.63, 3.8) is 0 Å². The highest BCUT2D eigenvalue weighted by Gasteiger charge is 2.16. The average molecular weight is 323 g/mol. The molecule has 0 amide bonds. The van der Waals surface area contributed by atoms with Crippen molar-refractivity contribution in [3.8, 4) is 0 Å². The lowest BCUT2D eigenvalue weighted by Gasteiger charge is -2.24. The summed E-state index contributed by atoms with van der Waals surface area (Å²) in [5, 5.41) is 3.37. The smallest absolute Gasteiger partial charge is 0.137 e. The lowest BCUT2D eigenvalue weighted by Crippen LogP contribution is -2.29. The van der Waals surface area contributed by atoms with Crippen LogP contribution in [-0.2, 0) is 6.54 Å². The Kier molecular flexibility index (Phi) is 5.90. The van der Waals surface area contributed by atoms with Crippen molar-refractivity contribution in [2.75, 3.05) is 12.4 Å². The molecule has 1 nitrogen and oxygen atoms in total. The summed E-state index contributed by atoms with van der Waals surface area (Å²) in [6, 6.07) is 5.07. The largest absolute Gasteiger partial charge is 0.312 e. The van der Waals surface area contributed by atoms with Crippen LogP contribution in [0.25, 0.3) is 0 Å². The van der Waals surface area contributed by atoms with Crippen LogP contribution in [-0.4, -0.2) is 12.4 Å². The molecular weight excluding hydrogens is 305 g/mol. The Morgan fingerprint density at radius 3 is 2.71 bits per heavy atom. The molecule has 0 aliphatic rings. The molecular formula is C13H18BrClFN. The normalized spacial score (nSPS) is 11.8. The quantitative estimate of drug-likeness (QED) is 0.769. The Labute approximate surface area is 116 Å². The van der Waals surface area contributed by atoms with Crippen LogP contribution in [0.5, 0.6) is 0 Å². The third-order valence-electron chi connectivity index (χ3n) is 2.69. The van der Waals surface area contributed by atoms with Crippen LogP contribution < -0.4 is 5.32 Å². The van der Waals surface area contributed by atoms with E-state index < -0.39 is 0 Å². The van der Waals surface area contributed by atoms with Gasteiger partial charge in [0.2, 0.25) is 0 Å². The zero-order valence-corrected chi connectivity index (χ0v) is 12.5. The molecule has 0 aromatic heterocycles. The number of benzene rings is 1. The third-order valence-corrected chi connectivity index (χ3v) is 3.48. The Hall–Kier alpha value is -0.120. The van der Waals surface area contributed by atoms with Crippen LogP contribution in [0, 0.1) is 11.2 Å². The van der Waals surface area contributed by atoms with Gasteiger partial charge in [0, 0.05) is 19.0 Å². The second-order valence-corrected chi connectivity index (χ2v) is 6.19. The summed E-state index contributed by atoms with van der Waals surface area (Å²) in [4.78, 5) is 0. The maximum Gasteiger partial charge on any atom is 0.137 e. The molecule has 0 radical (unpaired) electrons. The molecule has 0 unspecified atom stereocenters. The Morgan fingerprint density at radius 1 is 1.41 bits per heavy atom. The van der Waals surface area contributed by atoms with Crippen molar-refractivity contribution in [3.05, 3.63) is 34.1 Å². The molecule has 1 rings (SSSR count). The zero-order chi connectivity index (χ0) is 12.9. The van der Waals surface area contributed by atoms with E-state index >= 15 is 0 Å². The van der Waals surface area contributed by atoms with Gasteiger partial charge in [0.1, 0.15) is 5.82 Å². The molecule has 4 heteroatoms. The second kappa shape index (κ2) is 6.72. The fourth-order valence-electron chi connectivity index (χ4n) is 1.54. The van der Waals surface area contributed by atoms with E-state index in [2.05, 4.69) is 35.1 Å². The van der Waals surface area contributed by atoms with E-state index in [4.69, 9.17) is 11.6 Å². The van der Waals surface area contributed by atoms with Crippen molar-refractivity contribution in [2.24, 2.45) is 5.41 Å². The maximum atomic E-state index is 13.0. The zero-order valence-electron chi connectivity index (χ0n) is 10.2. The van der Waals surface area contributed by atoms with E-state index in [9.17, 15) is 4.39 Å². The predicted molar refractivity (Wildman–Crippen MR) is 74.9 cm³/mol. The average Bonchev–Trinajstić information content (AvgIpc) is 2.23. The minimum atomic E-state index is -0.226. The molecule has 17 heavy (non-hydrogen) atoms. The van der Waals surface area contributed by atoms with Gasteiger partial charge in [-0.25, -0.2) is 4.39 Å². The van der Waals surface area contributed by atoms with Gasteiger partial charge < -0.3 is 5.32 Å². The van der Waals surface area contributed by atoms with Gasteiger partial charge in [-0.1, -0.05) is 19.9 Å². The van der Waals surface area contributed by atoms with Crippen LogP contribution in [0.2, 0.25) is 0 Å². The lowest BCUT2D eigenvalue weighted by molar-refractivity contribution is 0.329. The lowest BCUT2D eigenvalue weighted by atomic mass is 9.90. The van der Waals surface area contributed by atoms with E-state index in [-0.39, 0.29) is 11.2 Å². The van der Waals surface area contributed by atoms with Crippen LogP contribution in [0.3, 0.4) is 0 Å². The van der Waals surface area contributed by atoms with Gasteiger partial charge in [-0.2, -0.15) is 0 Å². The molecule has 0 atom stereocenters. The molecule has 0 fully saturated rings. The van der Waals surface area contributed by atoms with Gasteiger partial charge in [-0.05, 0) is 45.5 Å². The number of rotatable bonds is 6. The van der Waals surface area contributed by atoms with E-state index in [1.165, 1.54) is 6.07 Å². The minimum Gasteiger partial charge on any atom is -0.312 e. The topological polar surface area (TPSA) is 12.0 Å². The summed E-state index contributed by atoms with van der Waals surface area (Å²) >= 11 is 8.93. The molecule has 0 saturated heterocycles. The van der Waals surface area contributed by atoms with Crippen molar-refractivity contribution in [1.82, 2.24) is 5.32 Å². The molecule has 96 valence electrons. The van der Waals surface area contributed by atoms with Crippen LogP contribution in [0.4, 0.5) is 4.39 Å². The first-order valence-electron chi connectivity index (χ1n) is 5.65. The van der Waals surface area contributed by atoms with E-state index in [1.54, 1.807) is 12.1 Å². The van der Waals surface area contributed by atoms with E-state index in [0.29, 0.717) is 10.4 Å². The molecule has 0 aliphatic carbocycles. The third kappa shape index (κ3) is 5.36. The van der Waals surface area contributed by atoms with Crippen molar-refractivity contribution < 1.29 is 4.39 Å². The van der Waals surface area contributed by atoms with Crippen LogP contribution in [0.1, 0.15) is 25.8 Å². The van der Waals surface area contributed by atoms with Gasteiger partial charge in [0.25, 0.3) is 0 Å². The molecule has 0 bridgehead atoms. The Bertz CT molecular complexity index is 368.